The van der Waals surface area contributed by atoms with Crippen molar-refractivity contribution in [2.75, 3.05) is 0 Å². The lowest BCUT2D eigenvalue weighted by molar-refractivity contribution is 0.290. The number of ether oxygens (including phenoxy) is 1. The summed E-state index contributed by atoms with van der Waals surface area (Å²) in [6.07, 6.45) is 0. The van der Waals surface area contributed by atoms with Gasteiger partial charge in [-0.05, 0) is 36.9 Å². The lowest BCUT2D eigenvalue weighted by Gasteiger charge is -2.09. The van der Waals surface area contributed by atoms with E-state index >= 15 is 0 Å². The van der Waals surface area contributed by atoms with Crippen LogP contribution >= 0.6 is 23.4 Å². The number of hydrogen-bond acceptors (Lipinski definition) is 6. The fourth-order valence-corrected chi connectivity index (χ4v) is 4.28. The van der Waals surface area contributed by atoms with Crippen LogP contribution in [0.5, 0.6) is 5.75 Å². The molecule has 150 valence electrons. The third-order valence-corrected chi connectivity index (χ3v) is 6.05. The molecule has 3 aromatic heterocycles. The number of rotatable bonds is 5. The second-order valence-corrected chi connectivity index (χ2v) is 8.13. The Labute approximate surface area is 181 Å². The van der Waals surface area contributed by atoms with Gasteiger partial charge >= 0.3 is 0 Å². The molecule has 0 fully saturated rings. The number of aromatic nitrogens is 6. The quantitative estimate of drug-likeness (QED) is 0.372. The van der Waals surface area contributed by atoms with Crippen molar-refractivity contribution in [1.82, 2.24) is 29.4 Å². The van der Waals surface area contributed by atoms with Gasteiger partial charge in [0.05, 0.1) is 16.2 Å². The van der Waals surface area contributed by atoms with Crippen molar-refractivity contribution >= 4 is 39.9 Å². The molecule has 3 heterocycles. The van der Waals surface area contributed by atoms with Gasteiger partial charge in [0.15, 0.2) is 16.6 Å². The zero-order valence-electron chi connectivity index (χ0n) is 16.3. The maximum Gasteiger partial charge on any atom is 0.197 e. The molecule has 0 radical (unpaired) electrons. The molecule has 0 atom stereocenters. The molecule has 0 amide bonds. The first-order valence-corrected chi connectivity index (χ1v) is 10.5. The van der Waals surface area contributed by atoms with Crippen molar-refractivity contribution in [2.24, 2.45) is 7.05 Å². The maximum atomic E-state index is 6.16. The van der Waals surface area contributed by atoms with Crippen LogP contribution < -0.4 is 4.74 Å². The number of aryl methyl sites for hydroxylation is 1. The van der Waals surface area contributed by atoms with Crippen molar-refractivity contribution in [1.29, 1.82) is 0 Å². The largest absolute Gasteiger partial charge is 0.484 e. The Kier molecular flexibility index (Phi) is 4.80. The van der Waals surface area contributed by atoms with Gasteiger partial charge in [-0.25, -0.2) is 9.50 Å². The molecule has 7 nitrogen and oxygen atoms in total. The minimum absolute atomic E-state index is 0.267. The van der Waals surface area contributed by atoms with E-state index in [2.05, 4.69) is 15.3 Å². The highest BCUT2D eigenvalue weighted by atomic mass is 35.5. The minimum atomic E-state index is 0.267. The van der Waals surface area contributed by atoms with E-state index in [1.807, 2.05) is 71.6 Å². The van der Waals surface area contributed by atoms with Crippen molar-refractivity contribution < 1.29 is 4.74 Å². The van der Waals surface area contributed by atoms with Gasteiger partial charge in [-0.2, -0.15) is 5.10 Å². The highest BCUT2D eigenvalue weighted by Crippen LogP contribution is 2.32. The first kappa shape index (κ1) is 18.9. The van der Waals surface area contributed by atoms with Gasteiger partial charge < -0.3 is 9.30 Å². The van der Waals surface area contributed by atoms with Crippen molar-refractivity contribution in [3.05, 3.63) is 71.1 Å². The van der Waals surface area contributed by atoms with Crippen molar-refractivity contribution in [3.63, 3.8) is 0 Å². The molecular formula is C21H17ClN6OS. The Morgan fingerprint density at radius 2 is 1.87 bits per heavy atom. The topological polar surface area (TPSA) is 70.1 Å². The van der Waals surface area contributed by atoms with Gasteiger partial charge in [0.25, 0.3) is 0 Å². The van der Waals surface area contributed by atoms with E-state index in [0.717, 1.165) is 32.4 Å². The summed E-state index contributed by atoms with van der Waals surface area (Å²) in [7, 11) is 1.91. The highest BCUT2D eigenvalue weighted by molar-refractivity contribution is 7.99. The van der Waals surface area contributed by atoms with Crippen LogP contribution in [0.15, 0.2) is 64.8 Å². The second kappa shape index (κ2) is 7.62. The van der Waals surface area contributed by atoms with Crippen LogP contribution in [0.4, 0.5) is 0 Å². The lowest BCUT2D eigenvalue weighted by Crippen LogP contribution is -2.04. The second-order valence-electron chi connectivity index (χ2n) is 6.77. The van der Waals surface area contributed by atoms with Gasteiger partial charge in [-0.15, -0.1) is 10.2 Å². The van der Waals surface area contributed by atoms with E-state index < -0.39 is 0 Å². The molecule has 0 bridgehead atoms. The molecule has 0 aliphatic rings. The molecule has 2 aromatic carbocycles. The molecule has 30 heavy (non-hydrogen) atoms. The Balaban J connectivity index is 1.46. The predicted octanol–water partition coefficient (Wildman–Crippen LogP) is 4.70. The average Bonchev–Trinajstić information content (AvgIpc) is 3.30. The molecule has 0 N–H and O–H groups in total. The van der Waals surface area contributed by atoms with Gasteiger partial charge in [-0.3, -0.25) is 0 Å². The van der Waals surface area contributed by atoms with Gasteiger partial charge in [0, 0.05) is 18.5 Å². The molecule has 0 unspecified atom stereocenters. The summed E-state index contributed by atoms with van der Waals surface area (Å²) in [6.45, 7) is 2.23. The third-order valence-electron chi connectivity index (χ3n) is 4.70. The standard InChI is InChI=1S/C21H17ClN6OS/c1-13-11-18-23-20(14-7-3-5-9-16(14)28(18)26-13)30-21-25-24-19(27(21)2)12-29-17-10-6-4-8-15(17)22/h3-11H,12H2,1-2H3. The summed E-state index contributed by atoms with van der Waals surface area (Å²) in [4.78, 5) is 4.81. The summed E-state index contributed by atoms with van der Waals surface area (Å²) in [5.41, 5.74) is 2.73. The van der Waals surface area contributed by atoms with E-state index in [0.29, 0.717) is 16.6 Å². The van der Waals surface area contributed by atoms with Crippen LogP contribution in [0.2, 0.25) is 5.02 Å². The molecule has 0 aliphatic heterocycles. The van der Waals surface area contributed by atoms with E-state index in [9.17, 15) is 0 Å². The Bertz CT molecular complexity index is 1380. The normalized spacial score (nSPS) is 11.4. The molecule has 0 spiro atoms. The zero-order valence-corrected chi connectivity index (χ0v) is 17.9. The smallest absolute Gasteiger partial charge is 0.197 e. The SMILES string of the molecule is Cc1cc2nc(Sc3nnc(COc4ccccc4Cl)n3C)c3ccccc3n2n1. The van der Waals surface area contributed by atoms with Crippen LogP contribution in [0.25, 0.3) is 16.6 Å². The molecule has 9 heteroatoms. The van der Waals surface area contributed by atoms with E-state index in [1.165, 1.54) is 11.8 Å². The highest BCUT2D eigenvalue weighted by Gasteiger charge is 2.16. The van der Waals surface area contributed by atoms with Crippen LogP contribution in [0.3, 0.4) is 0 Å². The van der Waals surface area contributed by atoms with E-state index in [-0.39, 0.29) is 6.61 Å². The minimum Gasteiger partial charge on any atom is -0.484 e. The van der Waals surface area contributed by atoms with Gasteiger partial charge in [0.1, 0.15) is 17.4 Å². The molecule has 0 aliphatic carbocycles. The van der Waals surface area contributed by atoms with E-state index in [4.69, 9.17) is 21.3 Å². The predicted molar refractivity (Wildman–Crippen MR) is 116 cm³/mol. The number of benzene rings is 2. The Morgan fingerprint density at radius 1 is 1.07 bits per heavy atom. The number of hydrogen-bond donors (Lipinski definition) is 0. The summed E-state index contributed by atoms with van der Waals surface area (Å²) >= 11 is 7.63. The van der Waals surface area contributed by atoms with Crippen molar-refractivity contribution in [3.8, 4) is 5.75 Å². The number of para-hydroxylation sites is 2. The van der Waals surface area contributed by atoms with Gasteiger partial charge in [0.2, 0.25) is 0 Å². The molecule has 0 saturated carbocycles. The average molecular weight is 437 g/mol. The van der Waals surface area contributed by atoms with Crippen LogP contribution in [0, 0.1) is 6.92 Å². The summed E-state index contributed by atoms with van der Waals surface area (Å²) in [5, 5.41) is 16.3. The summed E-state index contributed by atoms with van der Waals surface area (Å²) < 4.78 is 9.58. The molecule has 0 saturated heterocycles. The molecule has 5 aromatic rings. The molecule has 5 rings (SSSR count). The fourth-order valence-electron chi connectivity index (χ4n) is 3.17. The van der Waals surface area contributed by atoms with Gasteiger partial charge in [-0.1, -0.05) is 41.9 Å². The number of fused-ring (bicyclic) bond motifs is 3. The first-order valence-electron chi connectivity index (χ1n) is 9.29. The van der Waals surface area contributed by atoms with E-state index in [1.54, 1.807) is 6.07 Å². The number of halogens is 1. The monoisotopic (exact) mass is 436 g/mol. The molecular weight excluding hydrogens is 420 g/mol. The van der Waals surface area contributed by atoms with Crippen LogP contribution in [-0.4, -0.2) is 29.4 Å². The Morgan fingerprint density at radius 3 is 2.73 bits per heavy atom. The Hall–Kier alpha value is -3.10. The fraction of sp³-hybridized carbons (Fsp3) is 0.143. The summed E-state index contributed by atoms with van der Waals surface area (Å²) in [5.74, 6) is 1.31. The van der Waals surface area contributed by atoms with Crippen LogP contribution in [-0.2, 0) is 13.7 Å². The number of nitrogens with zero attached hydrogens (tertiary/aromatic N) is 6. The lowest BCUT2D eigenvalue weighted by atomic mass is 10.2. The van der Waals surface area contributed by atoms with Crippen molar-refractivity contribution in [2.45, 2.75) is 23.7 Å². The third kappa shape index (κ3) is 3.38. The summed E-state index contributed by atoms with van der Waals surface area (Å²) in [6, 6.07) is 17.4. The zero-order chi connectivity index (χ0) is 20.7. The first-order chi connectivity index (χ1) is 14.6. The maximum absolute atomic E-state index is 6.16. The van der Waals surface area contributed by atoms with Crippen LogP contribution in [0.1, 0.15) is 11.5 Å².